The van der Waals surface area contributed by atoms with Crippen LogP contribution in [0, 0.1) is 5.92 Å². The standard InChI is InChI=1S/C48H52N8O9/c1-26(62-3)40(53-47(59)63-4)45(57)55-17-9-12-37(55)43-49-22-36(51-43)30-13-15-32-31(19-30)25-65-39-21-33-29(20-34(32)39)14-16-35-42(33)52-44(50-35)38-18-27(24-61-2)23-56(38)46(58)41(54-48(60)64-5)28-10-7-6-8-11-28/h6-8,10-11,13-16,19-22,26-27,37-38,40-41H,9,12,17-18,23-25H2,1-5H3,(H,49,51)(H,50,52)(H,53,59)(H,54,60)/t26-,27+,37+,38+,40?,41-/m1/s1. The van der Waals surface area contributed by atoms with Gasteiger partial charge in [0.05, 0.1) is 61.9 Å². The number of nitrogens with zero attached hydrogens (tertiary/aromatic N) is 4. The molecular formula is C48H52N8O9. The van der Waals surface area contributed by atoms with Crippen LogP contribution in [0.3, 0.4) is 0 Å². The summed E-state index contributed by atoms with van der Waals surface area (Å²) in [6.07, 6.45) is 1.94. The SMILES string of the molecule is COC[C@H]1C[C@@H](c2nc3ccc4cc5c(cc4c3[nH]2)OCc2cc(-c3cnc([C@@H]4CCCN4C(=O)C(NC(=O)OC)[C@@H](C)OC)[nH]3)ccc2-5)N(C(=O)[C@H](NC(=O)OC)c2ccccc2)C1. The molecule has 0 bridgehead atoms. The molecule has 0 saturated carbocycles. The summed E-state index contributed by atoms with van der Waals surface area (Å²) < 4.78 is 27.1. The van der Waals surface area contributed by atoms with Gasteiger partial charge in [-0.1, -0.05) is 48.5 Å². The molecule has 17 nitrogen and oxygen atoms in total. The highest BCUT2D eigenvalue weighted by molar-refractivity contribution is 6.07. The van der Waals surface area contributed by atoms with E-state index < -0.39 is 36.4 Å². The topological polar surface area (TPSA) is 202 Å². The third-order valence-corrected chi connectivity index (χ3v) is 12.9. The van der Waals surface area contributed by atoms with Crippen LogP contribution in [0.1, 0.15) is 67.1 Å². The number of alkyl carbamates (subject to hydrolysis) is 2. The average molecular weight is 885 g/mol. The zero-order valence-corrected chi connectivity index (χ0v) is 36.9. The van der Waals surface area contributed by atoms with E-state index in [1.807, 2.05) is 36.4 Å². The molecule has 6 atom stereocenters. The highest BCUT2D eigenvalue weighted by Gasteiger charge is 2.42. The van der Waals surface area contributed by atoms with Gasteiger partial charge in [0.1, 0.15) is 36.1 Å². The van der Waals surface area contributed by atoms with E-state index in [0.717, 1.165) is 68.3 Å². The van der Waals surface area contributed by atoms with Crippen LogP contribution in [0.2, 0.25) is 0 Å². The summed E-state index contributed by atoms with van der Waals surface area (Å²) >= 11 is 0. The monoisotopic (exact) mass is 884 g/mol. The predicted molar refractivity (Wildman–Crippen MR) is 240 cm³/mol. The number of likely N-dealkylation sites (tertiary alicyclic amines) is 2. The molecule has 2 aromatic heterocycles. The second-order valence-electron chi connectivity index (χ2n) is 16.8. The van der Waals surface area contributed by atoms with Crippen molar-refractivity contribution in [1.29, 1.82) is 0 Å². The van der Waals surface area contributed by atoms with Gasteiger partial charge in [-0.2, -0.15) is 0 Å². The number of carbonyl (C=O) groups excluding carboxylic acids is 4. The molecule has 5 heterocycles. The Hall–Kier alpha value is -6.98. The van der Waals surface area contributed by atoms with Crippen LogP contribution < -0.4 is 15.4 Å². The number of rotatable bonds is 12. The largest absolute Gasteiger partial charge is 0.488 e. The van der Waals surface area contributed by atoms with E-state index in [4.69, 9.17) is 33.7 Å². The molecule has 1 unspecified atom stereocenters. The van der Waals surface area contributed by atoms with E-state index in [2.05, 4.69) is 57.0 Å². The molecule has 6 aromatic rings. The molecule has 4 amide bonds. The van der Waals surface area contributed by atoms with Crippen LogP contribution in [0.4, 0.5) is 9.59 Å². The molecule has 0 aliphatic carbocycles. The number of imidazole rings is 2. The van der Waals surface area contributed by atoms with Crippen molar-refractivity contribution < 1.29 is 42.9 Å². The zero-order chi connectivity index (χ0) is 45.4. The van der Waals surface area contributed by atoms with Gasteiger partial charge in [-0.3, -0.25) is 9.59 Å². The molecule has 0 radical (unpaired) electrons. The molecular weight excluding hydrogens is 833 g/mol. The van der Waals surface area contributed by atoms with Crippen LogP contribution in [-0.4, -0.2) is 114 Å². The molecule has 3 aliphatic heterocycles. The first-order chi connectivity index (χ1) is 31.6. The Morgan fingerprint density at radius 3 is 2.43 bits per heavy atom. The second kappa shape index (κ2) is 18.3. The Balaban J connectivity index is 0.974. The normalized spacial score (nSPS) is 19.2. The number of carbonyl (C=O) groups is 4. The van der Waals surface area contributed by atoms with E-state index in [1.165, 1.54) is 21.3 Å². The molecule has 338 valence electrons. The Kier molecular flexibility index (Phi) is 12.2. The lowest BCUT2D eigenvalue weighted by Gasteiger charge is -2.30. The number of hydrogen-bond acceptors (Lipinski definition) is 11. The number of H-pyrrole nitrogens is 2. The molecule has 0 spiro atoms. The molecule has 17 heteroatoms. The summed E-state index contributed by atoms with van der Waals surface area (Å²) in [4.78, 5) is 73.1. The van der Waals surface area contributed by atoms with Gasteiger partial charge < -0.3 is 54.1 Å². The van der Waals surface area contributed by atoms with Crippen LogP contribution in [0.5, 0.6) is 5.75 Å². The molecule has 9 rings (SSSR count). The lowest BCUT2D eigenvalue weighted by atomic mass is 9.92. The van der Waals surface area contributed by atoms with E-state index in [-0.39, 0.29) is 23.8 Å². The number of hydrogen-bond donors (Lipinski definition) is 4. The van der Waals surface area contributed by atoms with E-state index in [9.17, 15) is 19.2 Å². The molecule has 2 saturated heterocycles. The van der Waals surface area contributed by atoms with Crippen molar-refractivity contribution in [2.75, 3.05) is 48.1 Å². The first-order valence-corrected chi connectivity index (χ1v) is 21.7. The van der Waals surface area contributed by atoms with Crippen molar-refractivity contribution in [3.63, 3.8) is 0 Å². The Bertz CT molecular complexity index is 2760. The highest BCUT2D eigenvalue weighted by Crippen LogP contribution is 2.44. The number of nitrogens with one attached hydrogen (secondary N) is 4. The van der Waals surface area contributed by atoms with Gasteiger partial charge in [-0.25, -0.2) is 19.6 Å². The van der Waals surface area contributed by atoms with Crippen molar-refractivity contribution in [3.8, 4) is 28.1 Å². The van der Waals surface area contributed by atoms with Gasteiger partial charge >= 0.3 is 12.2 Å². The fourth-order valence-electron chi connectivity index (χ4n) is 9.54. The minimum Gasteiger partial charge on any atom is -0.488 e. The van der Waals surface area contributed by atoms with E-state index >= 15 is 0 Å². The van der Waals surface area contributed by atoms with Crippen molar-refractivity contribution in [2.24, 2.45) is 5.92 Å². The Morgan fingerprint density at radius 1 is 0.862 bits per heavy atom. The lowest BCUT2D eigenvalue weighted by Crippen LogP contribution is -2.54. The number of benzene rings is 4. The van der Waals surface area contributed by atoms with Gasteiger partial charge in [0, 0.05) is 44.2 Å². The van der Waals surface area contributed by atoms with Crippen molar-refractivity contribution >= 4 is 45.8 Å². The summed E-state index contributed by atoms with van der Waals surface area (Å²) in [7, 11) is 5.68. The summed E-state index contributed by atoms with van der Waals surface area (Å²) in [6.45, 7) is 3.50. The number of aromatic nitrogens is 4. The van der Waals surface area contributed by atoms with E-state index in [1.54, 1.807) is 30.0 Å². The van der Waals surface area contributed by atoms with Gasteiger partial charge in [0.15, 0.2) is 0 Å². The maximum Gasteiger partial charge on any atom is 0.407 e. The van der Waals surface area contributed by atoms with Crippen molar-refractivity contribution in [2.45, 2.75) is 63.1 Å². The van der Waals surface area contributed by atoms with E-state index in [0.29, 0.717) is 49.9 Å². The zero-order valence-electron chi connectivity index (χ0n) is 36.9. The summed E-state index contributed by atoms with van der Waals surface area (Å²) in [5.74, 6) is 1.59. The summed E-state index contributed by atoms with van der Waals surface area (Å²) in [6, 6.07) is 21.1. The van der Waals surface area contributed by atoms with Crippen molar-refractivity contribution in [1.82, 2.24) is 40.4 Å². The highest BCUT2D eigenvalue weighted by atomic mass is 16.5. The number of fused-ring (bicyclic) bond motifs is 6. The molecule has 3 aliphatic rings. The number of methoxy groups -OCH3 is 4. The minimum atomic E-state index is -0.958. The third-order valence-electron chi connectivity index (χ3n) is 12.9. The van der Waals surface area contributed by atoms with Gasteiger partial charge in [0.25, 0.3) is 5.91 Å². The molecule has 2 fully saturated rings. The van der Waals surface area contributed by atoms with Gasteiger partial charge in [-0.15, -0.1) is 0 Å². The van der Waals surface area contributed by atoms with Crippen LogP contribution >= 0.6 is 0 Å². The fourth-order valence-corrected chi connectivity index (χ4v) is 9.54. The summed E-state index contributed by atoms with van der Waals surface area (Å²) in [5.41, 5.74) is 7.02. The quantitative estimate of drug-likeness (QED) is 0.102. The van der Waals surface area contributed by atoms with Crippen LogP contribution in [0.15, 0.2) is 79.0 Å². The fraction of sp³-hybridized carbons (Fsp3) is 0.375. The number of amides is 4. The first-order valence-electron chi connectivity index (χ1n) is 21.7. The smallest absolute Gasteiger partial charge is 0.407 e. The number of aromatic amines is 2. The Morgan fingerprint density at radius 2 is 1.66 bits per heavy atom. The van der Waals surface area contributed by atoms with Crippen LogP contribution in [-0.2, 0) is 35.1 Å². The lowest BCUT2D eigenvalue weighted by molar-refractivity contribution is -0.137. The second-order valence-corrected chi connectivity index (χ2v) is 16.8. The van der Waals surface area contributed by atoms with Crippen LogP contribution in [0.25, 0.3) is 44.2 Å². The molecule has 4 N–H and O–H groups in total. The van der Waals surface area contributed by atoms with Gasteiger partial charge in [0.2, 0.25) is 5.91 Å². The minimum absolute atomic E-state index is 0.0552. The summed E-state index contributed by atoms with van der Waals surface area (Å²) in [5, 5.41) is 7.31. The third kappa shape index (κ3) is 8.32. The maximum atomic E-state index is 14.4. The average Bonchev–Trinajstić information content (AvgIpc) is 4.18. The predicted octanol–water partition coefficient (Wildman–Crippen LogP) is 6.72. The first kappa shape index (κ1) is 43.3. The van der Waals surface area contributed by atoms with Gasteiger partial charge in [-0.05, 0) is 78.1 Å². The molecule has 4 aromatic carbocycles. The van der Waals surface area contributed by atoms with Crippen molar-refractivity contribution in [3.05, 3.63) is 102 Å². The maximum absolute atomic E-state index is 14.4. The Labute approximate surface area is 375 Å². The molecule has 65 heavy (non-hydrogen) atoms. The number of ether oxygens (including phenoxy) is 5.